The summed E-state index contributed by atoms with van der Waals surface area (Å²) in [6.45, 7) is 7.82. The Morgan fingerprint density at radius 1 is 0.909 bits per heavy atom. The molecule has 2 heterocycles. The van der Waals surface area contributed by atoms with E-state index in [4.69, 9.17) is 4.99 Å². The van der Waals surface area contributed by atoms with Crippen molar-refractivity contribution in [1.82, 2.24) is 4.90 Å². The van der Waals surface area contributed by atoms with Crippen molar-refractivity contribution < 1.29 is 14.5 Å². The van der Waals surface area contributed by atoms with E-state index >= 15 is 0 Å². The van der Waals surface area contributed by atoms with E-state index in [0.29, 0.717) is 29.0 Å². The predicted molar refractivity (Wildman–Crippen MR) is 174 cm³/mol. The van der Waals surface area contributed by atoms with Crippen molar-refractivity contribution in [2.24, 2.45) is 10.9 Å². The lowest BCUT2D eigenvalue weighted by Crippen LogP contribution is -2.43. The molecule has 0 N–H and O–H groups in total. The topological polar surface area (TPSA) is 92.9 Å². The van der Waals surface area contributed by atoms with Crippen molar-refractivity contribution in [1.29, 1.82) is 0 Å². The van der Waals surface area contributed by atoms with Crippen LogP contribution >= 0.6 is 0 Å². The molecule has 2 atom stereocenters. The summed E-state index contributed by atoms with van der Waals surface area (Å²) in [5.74, 6) is -1.45. The van der Waals surface area contributed by atoms with E-state index in [1.54, 1.807) is 12.1 Å². The van der Waals surface area contributed by atoms with Crippen molar-refractivity contribution in [2.75, 3.05) is 19.6 Å². The van der Waals surface area contributed by atoms with Gasteiger partial charge in [-0.2, -0.15) is 0 Å². The first-order valence-electron chi connectivity index (χ1n) is 15.6. The molecule has 0 radical (unpaired) electrons. The number of hydrogen-bond acceptors (Lipinski definition) is 6. The van der Waals surface area contributed by atoms with Gasteiger partial charge in [-0.05, 0) is 89.2 Å². The van der Waals surface area contributed by atoms with Crippen molar-refractivity contribution in [3.05, 3.63) is 123 Å². The number of hydrogen-bond donors (Lipinski definition) is 0. The zero-order chi connectivity index (χ0) is 31.3. The molecule has 7 heteroatoms. The van der Waals surface area contributed by atoms with Crippen molar-refractivity contribution in [2.45, 2.75) is 64.2 Å². The molecule has 2 unspecified atom stereocenters. The summed E-state index contributed by atoms with van der Waals surface area (Å²) in [7, 11) is 0. The van der Waals surface area contributed by atoms with Crippen LogP contribution in [0.4, 0.5) is 5.69 Å². The number of aliphatic imine (C=N–C) groups is 1. The first-order valence-corrected chi connectivity index (χ1v) is 15.6. The highest BCUT2D eigenvalue weighted by Gasteiger charge is 2.40. The summed E-state index contributed by atoms with van der Waals surface area (Å²) in [5, 5.41) is 11.5. The Bertz CT molecular complexity index is 1530. The quantitative estimate of drug-likeness (QED) is 0.131. The first-order chi connectivity index (χ1) is 21.2. The fourth-order valence-electron chi connectivity index (χ4n) is 7.31. The third kappa shape index (κ3) is 6.48. The van der Waals surface area contributed by atoms with Crippen molar-refractivity contribution in [3.8, 4) is 0 Å². The lowest BCUT2D eigenvalue weighted by Gasteiger charge is -2.43. The van der Waals surface area contributed by atoms with E-state index in [2.05, 4.69) is 65.6 Å². The van der Waals surface area contributed by atoms with E-state index in [9.17, 15) is 19.7 Å². The number of likely N-dealkylation sites (tertiary alicyclic amines) is 1. The fraction of sp³-hybridized carbons (Fsp3) is 0.378. The Morgan fingerprint density at radius 3 is 2.07 bits per heavy atom. The fourth-order valence-corrected chi connectivity index (χ4v) is 7.31. The van der Waals surface area contributed by atoms with Crippen LogP contribution in [0.2, 0.25) is 0 Å². The SMILES string of the molecule is CC(=O)C1=C(CCCCN2CCC(c3ccccc3)(c3ccccc3)CC2)N=C(C)C(C(C)=O)C1c1cccc([N+](=O)[O-])c1. The standard InChI is InChI=1S/C37H41N3O4/c1-26-34(27(2)41)36(29-13-12-18-32(25-29)40(43)44)35(28(3)42)33(38-26)19-10-11-22-39-23-20-37(21-24-39,30-14-6-4-7-15-30)31-16-8-5-9-17-31/h4-9,12-18,25,34,36H,10-11,19-24H2,1-3H3. The van der Waals surface area contributed by atoms with Gasteiger partial charge in [-0.15, -0.1) is 0 Å². The largest absolute Gasteiger partial charge is 0.303 e. The molecule has 3 aromatic carbocycles. The lowest BCUT2D eigenvalue weighted by atomic mass is 9.68. The monoisotopic (exact) mass is 591 g/mol. The molecular formula is C37H41N3O4. The van der Waals surface area contributed by atoms with Gasteiger partial charge in [0.2, 0.25) is 0 Å². The maximum atomic E-state index is 13.1. The van der Waals surface area contributed by atoms with Crippen LogP contribution in [0, 0.1) is 16.0 Å². The second kappa shape index (κ2) is 13.6. The number of piperidine rings is 1. The molecule has 0 bridgehead atoms. The normalized spacial score (nSPS) is 20.2. The summed E-state index contributed by atoms with van der Waals surface area (Å²) >= 11 is 0. The van der Waals surface area contributed by atoms with Crippen LogP contribution in [0.25, 0.3) is 0 Å². The Labute approximate surface area is 259 Å². The molecule has 5 rings (SSSR count). The number of allylic oxidation sites excluding steroid dienone is 2. The summed E-state index contributed by atoms with van der Waals surface area (Å²) in [5.41, 5.74) is 5.18. The van der Waals surface area contributed by atoms with Gasteiger partial charge in [-0.3, -0.25) is 24.7 Å². The van der Waals surface area contributed by atoms with Gasteiger partial charge in [0, 0.05) is 40.4 Å². The molecule has 3 aromatic rings. The van der Waals surface area contributed by atoms with Crippen molar-refractivity contribution in [3.63, 3.8) is 0 Å². The number of nitro groups is 1. The van der Waals surface area contributed by atoms with Crippen LogP contribution in [0.15, 0.2) is 101 Å². The highest BCUT2D eigenvalue weighted by molar-refractivity contribution is 6.09. The summed E-state index contributed by atoms with van der Waals surface area (Å²) < 4.78 is 0. The van der Waals surface area contributed by atoms with Crippen LogP contribution in [0.3, 0.4) is 0 Å². The van der Waals surface area contributed by atoms with Gasteiger partial charge < -0.3 is 4.90 Å². The Kier molecular flexibility index (Phi) is 9.64. The Morgan fingerprint density at radius 2 is 1.52 bits per heavy atom. The molecule has 2 aliphatic rings. The number of unbranched alkanes of at least 4 members (excludes halogenated alkanes) is 1. The van der Waals surface area contributed by atoms with Gasteiger partial charge >= 0.3 is 0 Å². The van der Waals surface area contributed by atoms with Gasteiger partial charge in [0.1, 0.15) is 5.78 Å². The molecule has 44 heavy (non-hydrogen) atoms. The molecule has 0 aliphatic carbocycles. The van der Waals surface area contributed by atoms with Crippen LogP contribution in [0.1, 0.15) is 75.5 Å². The third-order valence-electron chi connectivity index (χ3n) is 9.47. The molecule has 1 saturated heterocycles. The molecule has 228 valence electrons. The molecular weight excluding hydrogens is 550 g/mol. The van der Waals surface area contributed by atoms with Crippen LogP contribution in [-0.2, 0) is 15.0 Å². The zero-order valence-corrected chi connectivity index (χ0v) is 25.9. The smallest absolute Gasteiger partial charge is 0.269 e. The minimum atomic E-state index is -0.623. The number of rotatable bonds is 11. The van der Waals surface area contributed by atoms with Crippen LogP contribution < -0.4 is 0 Å². The first kappa shape index (κ1) is 31.2. The zero-order valence-electron chi connectivity index (χ0n) is 25.9. The molecule has 2 aliphatic heterocycles. The number of ketones is 2. The van der Waals surface area contributed by atoms with Crippen molar-refractivity contribution >= 4 is 23.0 Å². The second-order valence-electron chi connectivity index (χ2n) is 12.2. The number of nitro benzene ring substituents is 1. The van der Waals surface area contributed by atoms with E-state index in [1.165, 1.54) is 37.1 Å². The number of carbonyl (C=O) groups is 2. The third-order valence-corrected chi connectivity index (χ3v) is 9.47. The summed E-state index contributed by atoms with van der Waals surface area (Å²) in [6, 6.07) is 28.0. The Hall–Kier alpha value is -4.23. The second-order valence-corrected chi connectivity index (χ2v) is 12.2. The van der Waals surface area contributed by atoms with Gasteiger partial charge in [0.25, 0.3) is 5.69 Å². The van der Waals surface area contributed by atoms with E-state index in [0.717, 1.165) is 45.3 Å². The van der Waals surface area contributed by atoms with Gasteiger partial charge in [0.05, 0.1) is 10.8 Å². The lowest BCUT2D eigenvalue weighted by molar-refractivity contribution is -0.384. The van der Waals surface area contributed by atoms with Gasteiger partial charge in [-0.1, -0.05) is 72.8 Å². The number of benzene rings is 3. The van der Waals surface area contributed by atoms with E-state index in [-0.39, 0.29) is 22.7 Å². The summed E-state index contributed by atoms with van der Waals surface area (Å²) in [6.07, 6.45) is 4.55. The number of Topliss-reactive ketones (excluding diaryl/α,β-unsaturated/α-hetero) is 2. The maximum Gasteiger partial charge on any atom is 0.269 e. The Balaban J connectivity index is 1.29. The maximum absolute atomic E-state index is 13.1. The highest BCUT2D eigenvalue weighted by Crippen LogP contribution is 2.43. The average molecular weight is 592 g/mol. The molecule has 7 nitrogen and oxygen atoms in total. The molecule has 0 aromatic heterocycles. The van der Waals surface area contributed by atoms with Gasteiger partial charge in [0.15, 0.2) is 5.78 Å². The molecule has 0 saturated carbocycles. The number of nitrogens with zero attached hydrogens (tertiary/aromatic N) is 3. The minimum Gasteiger partial charge on any atom is -0.303 e. The highest BCUT2D eigenvalue weighted by atomic mass is 16.6. The number of carbonyl (C=O) groups excluding carboxylic acids is 2. The summed E-state index contributed by atoms with van der Waals surface area (Å²) in [4.78, 5) is 44.3. The van der Waals surface area contributed by atoms with Crippen LogP contribution in [-0.4, -0.2) is 46.7 Å². The minimum absolute atomic E-state index is 0.0172. The van der Waals surface area contributed by atoms with Gasteiger partial charge in [-0.25, -0.2) is 0 Å². The van der Waals surface area contributed by atoms with E-state index < -0.39 is 16.8 Å². The predicted octanol–water partition coefficient (Wildman–Crippen LogP) is 7.45. The number of non-ortho nitro benzene ring substituents is 1. The van der Waals surface area contributed by atoms with E-state index in [1.807, 2.05) is 6.92 Å². The van der Waals surface area contributed by atoms with Crippen LogP contribution in [0.5, 0.6) is 0 Å². The average Bonchev–Trinajstić information content (AvgIpc) is 3.03. The molecule has 1 fully saturated rings. The molecule has 0 amide bonds. The molecule has 0 spiro atoms.